The van der Waals surface area contributed by atoms with Gasteiger partial charge < -0.3 is 10.5 Å². The van der Waals surface area contributed by atoms with Crippen LogP contribution in [0.3, 0.4) is 0 Å². The molecule has 1 unspecified atom stereocenters. The molecule has 0 fully saturated rings. The van der Waals surface area contributed by atoms with Crippen LogP contribution in [0.25, 0.3) is 10.8 Å². The van der Waals surface area contributed by atoms with Crippen LogP contribution in [0, 0.1) is 0 Å². The summed E-state index contributed by atoms with van der Waals surface area (Å²) in [5, 5.41) is 0.918. The van der Waals surface area contributed by atoms with E-state index in [-0.39, 0.29) is 17.9 Å². The van der Waals surface area contributed by atoms with E-state index in [1.807, 2.05) is 0 Å². The van der Waals surface area contributed by atoms with Gasteiger partial charge in [0.15, 0.2) is 0 Å². The van der Waals surface area contributed by atoms with Gasteiger partial charge >= 0.3 is 6.18 Å². The van der Waals surface area contributed by atoms with E-state index in [1.54, 1.807) is 24.3 Å². The van der Waals surface area contributed by atoms with Crippen LogP contribution in [0.5, 0.6) is 5.88 Å². The number of methoxy groups -OCH3 is 1. The Morgan fingerprint density at radius 1 is 1.20 bits per heavy atom. The summed E-state index contributed by atoms with van der Waals surface area (Å²) in [5.74, 6) is 0.282. The molecule has 108 valence electrons. The molecule has 1 aromatic heterocycles. The minimum atomic E-state index is -4.55. The second-order valence-corrected chi connectivity index (χ2v) is 4.55. The van der Waals surface area contributed by atoms with Crippen molar-refractivity contribution in [2.75, 3.05) is 7.11 Å². The molecule has 1 heterocycles. The average molecular weight is 284 g/mol. The Kier molecular flexibility index (Phi) is 3.60. The quantitative estimate of drug-likeness (QED) is 0.940. The minimum Gasteiger partial charge on any atom is -0.481 e. The maximum atomic E-state index is 13.3. The summed E-state index contributed by atoms with van der Waals surface area (Å²) in [5.41, 5.74) is 3.18. The molecule has 2 N–H and O–H groups in total. The van der Waals surface area contributed by atoms with Gasteiger partial charge in [-0.3, -0.25) is 0 Å². The third kappa shape index (κ3) is 2.10. The molecule has 2 rings (SSSR count). The van der Waals surface area contributed by atoms with Crippen LogP contribution in [0.4, 0.5) is 13.2 Å². The Balaban J connectivity index is 2.79. The van der Waals surface area contributed by atoms with Crippen LogP contribution in [0.1, 0.15) is 18.9 Å². The molecule has 0 saturated heterocycles. The Labute approximate surface area is 114 Å². The lowest BCUT2D eigenvalue weighted by molar-refractivity contribution is -0.190. The lowest BCUT2D eigenvalue weighted by Gasteiger charge is -2.32. The van der Waals surface area contributed by atoms with Crippen molar-refractivity contribution < 1.29 is 17.9 Å². The third-order valence-corrected chi connectivity index (χ3v) is 3.50. The number of alkyl halides is 3. The Morgan fingerprint density at radius 2 is 1.80 bits per heavy atom. The molecular formula is C14H15F3N2O. The summed E-state index contributed by atoms with van der Waals surface area (Å²) in [4.78, 5) is 3.95. The van der Waals surface area contributed by atoms with E-state index < -0.39 is 11.7 Å². The first-order valence-corrected chi connectivity index (χ1v) is 6.13. The van der Waals surface area contributed by atoms with Crippen molar-refractivity contribution in [1.82, 2.24) is 4.98 Å². The van der Waals surface area contributed by atoms with E-state index in [0.29, 0.717) is 10.8 Å². The molecule has 2 aromatic rings. The monoisotopic (exact) mass is 284 g/mol. The topological polar surface area (TPSA) is 48.1 Å². The van der Waals surface area contributed by atoms with Crippen LogP contribution in [-0.2, 0) is 5.54 Å². The molecule has 0 aliphatic carbocycles. The van der Waals surface area contributed by atoms with E-state index in [2.05, 4.69) is 4.98 Å². The summed E-state index contributed by atoms with van der Waals surface area (Å²) in [6.07, 6.45) is -3.67. The SMILES string of the molecule is CCC(N)(c1cnc(OC)c2ccccc12)C(F)(F)F. The molecule has 1 aromatic carbocycles. The van der Waals surface area contributed by atoms with Gasteiger partial charge in [-0.2, -0.15) is 13.2 Å². The molecule has 20 heavy (non-hydrogen) atoms. The lowest BCUT2D eigenvalue weighted by Crippen LogP contribution is -2.50. The number of benzene rings is 1. The van der Waals surface area contributed by atoms with Crippen LogP contribution in [0.2, 0.25) is 0 Å². The maximum absolute atomic E-state index is 13.3. The number of halogens is 3. The second-order valence-electron chi connectivity index (χ2n) is 4.55. The lowest BCUT2D eigenvalue weighted by atomic mass is 9.85. The minimum absolute atomic E-state index is 0.0381. The molecule has 1 atom stereocenters. The van der Waals surface area contributed by atoms with Crippen molar-refractivity contribution in [1.29, 1.82) is 0 Å². The predicted molar refractivity (Wildman–Crippen MR) is 70.5 cm³/mol. The summed E-state index contributed by atoms with van der Waals surface area (Å²) < 4.78 is 45.0. The molecule has 0 radical (unpaired) electrons. The van der Waals surface area contributed by atoms with Crippen molar-refractivity contribution in [3.63, 3.8) is 0 Å². The van der Waals surface area contributed by atoms with E-state index in [0.717, 1.165) is 6.20 Å². The number of hydrogen-bond acceptors (Lipinski definition) is 3. The van der Waals surface area contributed by atoms with Gasteiger partial charge in [0.1, 0.15) is 5.54 Å². The van der Waals surface area contributed by atoms with Gasteiger partial charge in [-0.15, -0.1) is 0 Å². The van der Waals surface area contributed by atoms with E-state index in [4.69, 9.17) is 10.5 Å². The number of fused-ring (bicyclic) bond motifs is 1. The summed E-state index contributed by atoms with van der Waals surface area (Å²) >= 11 is 0. The highest BCUT2D eigenvalue weighted by Gasteiger charge is 2.52. The van der Waals surface area contributed by atoms with Crippen molar-refractivity contribution in [3.8, 4) is 5.88 Å². The first kappa shape index (κ1) is 14.6. The van der Waals surface area contributed by atoms with Crippen LogP contribution in [-0.4, -0.2) is 18.3 Å². The highest BCUT2D eigenvalue weighted by Crippen LogP contribution is 2.42. The van der Waals surface area contributed by atoms with E-state index in [9.17, 15) is 13.2 Å². The number of hydrogen-bond donors (Lipinski definition) is 1. The number of pyridine rings is 1. The molecule has 3 nitrogen and oxygen atoms in total. The summed E-state index contributed by atoms with van der Waals surface area (Å²) in [7, 11) is 1.42. The standard InChI is InChI=1S/C14H15F3N2O/c1-3-13(18,14(15,16)17)11-8-19-12(20-2)10-7-5-4-6-9(10)11/h4-8H,3,18H2,1-2H3. The zero-order chi connectivity index (χ0) is 15.0. The van der Waals surface area contributed by atoms with Gasteiger partial charge in [-0.05, 0) is 17.9 Å². The molecular weight excluding hydrogens is 269 g/mol. The zero-order valence-corrected chi connectivity index (χ0v) is 11.2. The van der Waals surface area contributed by atoms with Crippen LogP contribution in [0.15, 0.2) is 30.5 Å². The molecule has 0 bridgehead atoms. The molecule has 0 aliphatic rings. The van der Waals surface area contributed by atoms with Gasteiger partial charge in [0.05, 0.1) is 7.11 Å². The largest absolute Gasteiger partial charge is 0.481 e. The summed E-state index contributed by atoms with van der Waals surface area (Å²) in [6.45, 7) is 1.41. The number of nitrogens with two attached hydrogens (primary N) is 1. The highest BCUT2D eigenvalue weighted by molar-refractivity contribution is 5.90. The normalized spacial score (nSPS) is 15.1. The fourth-order valence-corrected chi connectivity index (χ4v) is 2.23. The van der Waals surface area contributed by atoms with E-state index >= 15 is 0 Å². The predicted octanol–water partition coefficient (Wildman–Crippen LogP) is 3.37. The molecule has 0 saturated carbocycles. The Bertz CT molecular complexity index is 627. The van der Waals surface area contributed by atoms with Crippen molar-refractivity contribution in [3.05, 3.63) is 36.0 Å². The average Bonchev–Trinajstić information content (AvgIpc) is 2.44. The summed E-state index contributed by atoms with van der Waals surface area (Å²) in [6, 6.07) is 6.64. The fourth-order valence-electron chi connectivity index (χ4n) is 2.23. The van der Waals surface area contributed by atoms with Crippen molar-refractivity contribution in [2.24, 2.45) is 5.73 Å². The zero-order valence-electron chi connectivity index (χ0n) is 11.2. The Hall–Kier alpha value is -1.82. The highest BCUT2D eigenvalue weighted by atomic mass is 19.4. The van der Waals surface area contributed by atoms with Crippen molar-refractivity contribution >= 4 is 10.8 Å². The Morgan fingerprint density at radius 3 is 2.30 bits per heavy atom. The van der Waals surface area contributed by atoms with Gasteiger partial charge in [0, 0.05) is 17.1 Å². The number of ether oxygens (including phenoxy) is 1. The fraction of sp³-hybridized carbons (Fsp3) is 0.357. The number of rotatable bonds is 3. The number of aromatic nitrogens is 1. The maximum Gasteiger partial charge on any atom is 0.410 e. The first-order valence-electron chi connectivity index (χ1n) is 6.13. The van der Waals surface area contributed by atoms with Crippen LogP contribution >= 0.6 is 0 Å². The molecule has 0 aliphatic heterocycles. The molecule has 0 spiro atoms. The van der Waals surface area contributed by atoms with Gasteiger partial charge in [0.2, 0.25) is 5.88 Å². The first-order chi connectivity index (χ1) is 9.35. The molecule has 0 amide bonds. The second kappa shape index (κ2) is 4.94. The van der Waals surface area contributed by atoms with Gasteiger partial charge in [-0.25, -0.2) is 4.98 Å². The third-order valence-electron chi connectivity index (χ3n) is 3.50. The van der Waals surface area contributed by atoms with Crippen molar-refractivity contribution in [2.45, 2.75) is 25.1 Å². The van der Waals surface area contributed by atoms with Gasteiger partial charge in [-0.1, -0.05) is 25.1 Å². The van der Waals surface area contributed by atoms with Gasteiger partial charge in [0.25, 0.3) is 0 Å². The molecule has 6 heteroatoms. The van der Waals surface area contributed by atoms with E-state index in [1.165, 1.54) is 14.0 Å². The number of nitrogens with zero attached hydrogens (tertiary/aromatic N) is 1. The smallest absolute Gasteiger partial charge is 0.410 e. The van der Waals surface area contributed by atoms with Crippen LogP contribution < -0.4 is 10.5 Å².